The van der Waals surface area contributed by atoms with Crippen molar-refractivity contribution >= 4 is 16.5 Å². The molecule has 166 valence electrons. The third-order valence-electron chi connectivity index (χ3n) is 5.43. The number of benzene rings is 1. The maximum Gasteiger partial charge on any atom is 0.183 e. The highest BCUT2D eigenvalue weighted by atomic mass is 32.1. The number of nitrogens with one attached hydrogen (secondary N) is 1. The number of aryl methyl sites for hydroxylation is 3. The molecular formula is C23H26N6O2S. The number of hydrogen-bond acceptors (Lipinski definition) is 7. The highest BCUT2D eigenvalue weighted by Gasteiger charge is 2.22. The number of thiazole rings is 1. The van der Waals surface area contributed by atoms with E-state index in [4.69, 9.17) is 19.6 Å². The second kappa shape index (κ2) is 8.66. The summed E-state index contributed by atoms with van der Waals surface area (Å²) in [5, 5.41) is 13.6. The molecule has 3 aromatic heterocycles. The van der Waals surface area contributed by atoms with E-state index in [0.29, 0.717) is 19.7 Å². The largest absolute Gasteiger partial charge is 0.486 e. The first-order valence-corrected chi connectivity index (χ1v) is 11.6. The molecule has 1 aliphatic rings. The lowest BCUT2D eigenvalue weighted by Gasteiger charge is -2.26. The molecular weight excluding hydrogens is 424 g/mol. The lowest BCUT2D eigenvalue weighted by Crippen LogP contribution is -2.33. The van der Waals surface area contributed by atoms with E-state index < -0.39 is 0 Å². The van der Waals surface area contributed by atoms with Gasteiger partial charge in [-0.2, -0.15) is 10.2 Å². The number of ether oxygens (including phenoxy) is 2. The van der Waals surface area contributed by atoms with E-state index in [2.05, 4.69) is 23.5 Å². The molecule has 1 aliphatic heterocycles. The van der Waals surface area contributed by atoms with Gasteiger partial charge in [-0.15, -0.1) is 0 Å². The number of rotatable bonds is 7. The number of para-hydroxylation sites is 2. The van der Waals surface area contributed by atoms with Crippen LogP contribution < -0.4 is 14.8 Å². The summed E-state index contributed by atoms with van der Waals surface area (Å²) in [6, 6.07) is 9.78. The van der Waals surface area contributed by atoms with Crippen molar-refractivity contribution in [2.45, 2.75) is 46.5 Å². The van der Waals surface area contributed by atoms with E-state index in [1.54, 1.807) is 11.3 Å². The first-order chi connectivity index (χ1) is 15.6. The second-order valence-corrected chi connectivity index (χ2v) is 8.80. The Labute approximate surface area is 190 Å². The smallest absolute Gasteiger partial charge is 0.183 e. The third kappa shape index (κ3) is 4.20. The molecule has 9 heteroatoms. The van der Waals surface area contributed by atoms with Crippen LogP contribution in [0.1, 0.15) is 23.9 Å². The average molecular weight is 451 g/mol. The second-order valence-electron chi connectivity index (χ2n) is 7.80. The van der Waals surface area contributed by atoms with Gasteiger partial charge in [-0.05, 0) is 39.0 Å². The summed E-state index contributed by atoms with van der Waals surface area (Å²) in [6.07, 6.45) is 3.99. The summed E-state index contributed by atoms with van der Waals surface area (Å²) in [5.41, 5.74) is 4.11. The van der Waals surface area contributed by atoms with Crippen LogP contribution in [0.25, 0.3) is 10.6 Å². The number of aromatic nitrogens is 5. The van der Waals surface area contributed by atoms with E-state index in [1.165, 1.54) is 5.56 Å². The van der Waals surface area contributed by atoms with Gasteiger partial charge in [-0.3, -0.25) is 9.36 Å². The molecule has 4 aromatic rings. The average Bonchev–Trinajstić information content (AvgIpc) is 3.50. The van der Waals surface area contributed by atoms with E-state index in [1.807, 2.05) is 59.7 Å². The minimum atomic E-state index is -0.0790. The maximum absolute atomic E-state index is 6.06. The summed E-state index contributed by atoms with van der Waals surface area (Å²) in [7, 11) is 0. The summed E-state index contributed by atoms with van der Waals surface area (Å²) in [6.45, 7) is 8.85. The zero-order valence-electron chi connectivity index (χ0n) is 18.4. The van der Waals surface area contributed by atoms with Crippen molar-refractivity contribution < 1.29 is 9.47 Å². The Balaban J connectivity index is 1.24. The van der Waals surface area contributed by atoms with Crippen LogP contribution >= 0.6 is 11.3 Å². The van der Waals surface area contributed by atoms with Crippen LogP contribution in [0.2, 0.25) is 0 Å². The zero-order valence-corrected chi connectivity index (χ0v) is 19.2. The van der Waals surface area contributed by atoms with Crippen LogP contribution in [0.15, 0.2) is 42.7 Å². The van der Waals surface area contributed by atoms with Gasteiger partial charge in [0.25, 0.3) is 0 Å². The summed E-state index contributed by atoms with van der Waals surface area (Å²) >= 11 is 1.62. The van der Waals surface area contributed by atoms with Crippen molar-refractivity contribution in [3.8, 4) is 22.1 Å². The van der Waals surface area contributed by atoms with Crippen LogP contribution in [0.5, 0.6) is 11.5 Å². The standard InChI is InChI=1S/C23H26N6O2S/c1-4-28-12-17(15(2)26-28)11-24-23-25-16(3)22(32-23)19-9-10-29(27-19)13-18-14-30-20-7-5-6-8-21(20)31-18/h5-10,12,18H,4,11,13-14H2,1-3H3,(H,24,25)/t18-/m1/s1. The molecule has 0 saturated heterocycles. The lowest BCUT2D eigenvalue weighted by molar-refractivity contribution is 0.0759. The Kier molecular flexibility index (Phi) is 5.57. The number of anilines is 1. The SMILES string of the molecule is CCn1cc(CNc2nc(C)c(-c3ccn(C[C@@H]4COc5ccccc5O4)n3)s2)c(C)n1. The Morgan fingerprint density at radius 1 is 1.09 bits per heavy atom. The van der Waals surface area contributed by atoms with Crippen molar-refractivity contribution in [1.82, 2.24) is 24.5 Å². The molecule has 5 rings (SSSR count). The van der Waals surface area contributed by atoms with Gasteiger partial charge < -0.3 is 14.8 Å². The Bertz CT molecular complexity index is 1230. The Morgan fingerprint density at radius 2 is 1.94 bits per heavy atom. The Hall–Kier alpha value is -3.33. The molecule has 0 saturated carbocycles. The minimum absolute atomic E-state index is 0.0790. The lowest BCUT2D eigenvalue weighted by atomic mass is 10.2. The van der Waals surface area contributed by atoms with E-state index in [-0.39, 0.29) is 6.10 Å². The van der Waals surface area contributed by atoms with Crippen molar-refractivity contribution in [3.05, 3.63) is 59.7 Å². The van der Waals surface area contributed by atoms with Crippen LogP contribution in [-0.2, 0) is 19.6 Å². The predicted octanol–water partition coefficient (Wildman–Crippen LogP) is 4.29. The molecule has 0 fully saturated rings. The van der Waals surface area contributed by atoms with E-state index in [0.717, 1.165) is 45.1 Å². The third-order valence-corrected chi connectivity index (χ3v) is 6.57. The van der Waals surface area contributed by atoms with Gasteiger partial charge in [0.05, 0.1) is 22.8 Å². The van der Waals surface area contributed by atoms with Gasteiger partial charge in [0.2, 0.25) is 0 Å². The molecule has 0 spiro atoms. The maximum atomic E-state index is 6.06. The molecule has 1 N–H and O–H groups in total. The van der Waals surface area contributed by atoms with E-state index >= 15 is 0 Å². The first kappa shape index (κ1) is 20.6. The minimum Gasteiger partial charge on any atom is -0.486 e. The molecule has 32 heavy (non-hydrogen) atoms. The summed E-state index contributed by atoms with van der Waals surface area (Å²) in [5.74, 6) is 1.58. The molecule has 0 unspecified atom stereocenters. The monoisotopic (exact) mass is 450 g/mol. The Morgan fingerprint density at radius 3 is 2.75 bits per heavy atom. The predicted molar refractivity (Wildman–Crippen MR) is 124 cm³/mol. The molecule has 1 aromatic carbocycles. The van der Waals surface area contributed by atoms with Crippen molar-refractivity contribution in [2.24, 2.45) is 0 Å². The summed E-state index contributed by atoms with van der Waals surface area (Å²) in [4.78, 5) is 5.76. The van der Waals surface area contributed by atoms with Crippen LogP contribution in [0.3, 0.4) is 0 Å². The van der Waals surface area contributed by atoms with Gasteiger partial charge in [-0.25, -0.2) is 4.98 Å². The molecule has 1 atom stereocenters. The topological polar surface area (TPSA) is 79.0 Å². The molecule has 8 nitrogen and oxygen atoms in total. The fourth-order valence-corrected chi connectivity index (χ4v) is 4.65. The van der Waals surface area contributed by atoms with Crippen LogP contribution in [0, 0.1) is 13.8 Å². The van der Waals surface area contributed by atoms with Crippen molar-refractivity contribution in [2.75, 3.05) is 11.9 Å². The normalized spacial score (nSPS) is 15.2. The van der Waals surface area contributed by atoms with Crippen LogP contribution in [-0.4, -0.2) is 37.3 Å². The molecule has 0 bridgehead atoms. The van der Waals surface area contributed by atoms with Gasteiger partial charge in [0, 0.05) is 31.0 Å². The van der Waals surface area contributed by atoms with E-state index in [9.17, 15) is 0 Å². The van der Waals surface area contributed by atoms with Crippen molar-refractivity contribution in [1.29, 1.82) is 0 Å². The zero-order chi connectivity index (χ0) is 22.1. The highest BCUT2D eigenvalue weighted by molar-refractivity contribution is 7.19. The van der Waals surface area contributed by atoms with Gasteiger partial charge in [0.15, 0.2) is 22.7 Å². The van der Waals surface area contributed by atoms with Gasteiger partial charge in [-0.1, -0.05) is 23.5 Å². The summed E-state index contributed by atoms with van der Waals surface area (Å²) < 4.78 is 15.7. The number of nitrogens with zero attached hydrogens (tertiary/aromatic N) is 5. The van der Waals surface area contributed by atoms with Gasteiger partial charge >= 0.3 is 0 Å². The fraction of sp³-hybridized carbons (Fsp3) is 0.348. The van der Waals surface area contributed by atoms with Crippen LogP contribution in [0.4, 0.5) is 5.13 Å². The number of fused-ring (bicyclic) bond motifs is 1. The first-order valence-electron chi connectivity index (χ1n) is 10.8. The molecule has 0 amide bonds. The molecule has 0 radical (unpaired) electrons. The number of hydrogen-bond donors (Lipinski definition) is 1. The quantitative estimate of drug-likeness (QED) is 0.452. The highest BCUT2D eigenvalue weighted by Crippen LogP contribution is 2.33. The molecule has 4 heterocycles. The molecule has 0 aliphatic carbocycles. The van der Waals surface area contributed by atoms with Crippen molar-refractivity contribution in [3.63, 3.8) is 0 Å². The van der Waals surface area contributed by atoms with Gasteiger partial charge in [0.1, 0.15) is 12.3 Å². The fourth-order valence-electron chi connectivity index (χ4n) is 3.72.